The smallest absolute Gasteiger partial charge is 0.228 e. The minimum absolute atomic E-state index is 0.0748. The quantitative estimate of drug-likeness (QED) is 0.768. The van der Waals surface area contributed by atoms with E-state index in [0.29, 0.717) is 13.2 Å². The first-order chi connectivity index (χ1) is 8.46. The Morgan fingerprint density at radius 2 is 2.00 bits per heavy atom. The number of ether oxygens (including phenoxy) is 1. The molecule has 2 fully saturated rings. The van der Waals surface area contributed by atoms with Gasteiger partial charge >= 0.3 is 0 Å². The Hall–Kier alpha value is -0.650. The van der Waals surface area contributed by atoms with Gasteiger partial charge in [0.25, 0.3) is 0 Å². The summed E-state index contributed by atoms with van der Waals surface area (Å²) in [4.78, 5) is 16.3. The van der Waals surface area contributed by atoms with Gasteiger partial charge in [0.05, 0.1) is 18.1 Å². The molecule has 5 nitrogen and oxygen atoms in total. The second-order valence-corrected chi connectivity index (χ2v) is 5.97. The highest BCUT2D eigenvalue weighted by Crippen LogP contribution is 2.17. The van der Waals surface area contributed by atoms with E-state index in [1.54, 1.807) is 0 Å². The number of piperazine rings is 1. The largest absolute Gasteiger partial charge is 0.389 e. The number of hydrogen-bond donors (Lipinski definition) is 1. The number of amides is 1. The molecule has 2 aliphatic rings. The Kier molecular flexibility index (Phi) is 4.25. The van der Waals surface area contributed by atoms with E-state index in [1.165, 1.54) is 0 Å². The van der Waals surface area contributed by atoms with Crippen LogP contribution in [0.4, 0.5) is 0 Å². The number of carbonyl (C=O) groups excluding carboxylic acids is 1. The van der Waals surface area contributed by atoms with Gasteiger partial charge in [-0.3, -0.25) is 9.69 Å². The first-order valence-electron chi connectivity index (χ1n) is 6.77. The Morgan fingerprint density at radius 1 is 1.33 bits per heavy atom. The molecule has 0 aromatic carbocycles. The molecule has 2 heterocycles. The van der Waals surface area contributed by atoms with Crippen LogP contribution in [0.15, 0.2) is 0 Å². The number of rotatable bonds is 3. The molecular formula is C13H24N2O3. The van der Waals surface area contributed by atoms with Gasteiger partial charge in [0.1, 0.15) is 0 Å². The monoisotopic (exact) mass is 256 g/mol. The molecule has 0 aromatic rings. The van der Waals surface area contributed by atoms with Crippen molar-refractivity contribution in [2.24, 2.45) is 5.92 Å². The van der Waals surface area contributed by atoms with E-state index in [0.717, 1.165) is 39.2 Å². The van der Waals surface area contributed by atoms with Gasteiger partial charge in [-0.25, -0.2) is 0 Å². The zero-order valence-electron chi connectivity index (χ0n) is 11.4. The number of hydrogen-bond acceptors (Lipinski definition) is 4. The lowest BCUT2D eigenvalue weighted by molar-refractivity contribution is -0.137. The molecule has 0 aromatic heterocycles. The topological polar surface area (TPSA) is 53.0 Å². The normalized spacial score (nSPS) is 26.6. The van der Waals surface area contributed by atoms with E-state index in [-0.39, 0.29) is 11.8 Å². The van der Waals surface area contributed by atoms with Gasteiger partial charge in [0, 0.05) is 39.3 Å². The summed E-state index contributed by atoms with van der Waals surface area (Å²) in [5.41, 5.74) is -0.661. The molecule has 2 saturated heterocycles. The maximum Gasteiger partial charge on any atom is 0.228 e. The van der Waals surface area contributed by atoms with Crippen LogP contribution < -0.4 is 0 Å². The zero-order valence-corrected chi connectivity index (χ0v) is 11.4. The van der Waals surface area contributed by atoms with Crippen molar-refractivity contribution >= 4 is 5.91 Å². The van der Waals surface area contributed by atoms with Gasteiger partial charge in [0.15, 0.2) is 0 Å². The Labute approximate surface area is 109 Å². The predicted molar refractivity (Wildman–Crippen MR) is 68.2 cm³/mol. The maximum absolute atomic E-state index is 12.2. The predicted octanol–water partition coefficient (Wildman–Crippen LogP) is -0.0620. The summed E-state index contributed by atoms with van der Waals surface area (Å²) in [5, 5.41) is 9.78. The van der Waals surface area contributed by atoms with Crippen LogP contribution in [0.25, 0.3) is 0 Å². The molecule has 0 bridgehead atoms. The van der Waals surface area contributed by atoms with Crippen molar-refractivity contribution in [2.45, 2.75) is 25.9 Å². The SMILES string of the molecule is CC(C)(O)CN1CCN(C(=O)[C@@H]2CCOC2)CC1. The minimum Gasteiger partial charge on any atom is -0.389 e. The number of β-amino-alcohol motifs (C(OH)–C–C–N with tert-alkyl or cyclic N) is 1. The van der Waals surface area contributed by atoms with Gasteiger partial charge in [-0.2, -0.15) is 0 Å². The van der Waals surface area contributed by atoms with E-state index >= 15 is 0 Å². The average Bonchev–Trinajstić information content (AvgIpc) is 2.80. The first-order valence-corrected chi connectivity index (χ1v) is 6.77. The average molecular weight is 256 g/mol. The van der Waals surface area contributed by atoms with E-state index in [4.69, 9.17) is 4.74 Å². The molecule has 0 unspecified atom stereocenters. The van der Waals surface area contributed by atoms with Crippen LogP contribution in [0, 0.1) is 5.92 Å². The third-order valence-electron chi connectivity index (χ3n) is 3.57. The van der Waals surface area contributed by atoms with E-state index < -0.39 is 5.60 Å². The molecule has 2 aliphatic heterocycles. The second-order valence-electron chi connectivity index (χ2n) is 5.97. The Morgan fingerprint density at radius 3 is 2.50 bits per heavy atom. The highest BCUT2D eigenvalue weighted by Gasteiger charge is 2.30. The summed E-state index contributed by atoms with van der Waals surface area (Å²) in [5.74, 6) is 0.321. The maximum atomic E-state index is 12.2. The molecule has 0 radical (unpaired) electrons. The van der Waals surface area contributed by atoms with Crippen molar-refractivity contribution in [1.29, 1.82) is 0 Å². The molecule has 2 rings (SSSR count). The zero-order chi connectivity index (χ0) is 13.2. The van der Waals surface area contributed by atoms with Crippen LogP contribution in [0.2, 0.25) is 0 Å². The fraction of sp³-hybridized carbons (Fsp3) is 0.923. The Balaban J connectivity index is 1.77. The van der Waals surface area contributed by atoms with Crippen LogP contribution in [-0.4, -0.2) is 72.4 Å². The number of nitrogens with zero attached hydrogens (tertiary/aromatic N) is 2. The molecule has 5 heteroatoms. The summed E-state index contributed by atoms with van der Waals surface area (Å²) >= 11 is 0. The lowest BCUT2D eigenvalue weighted by Gasteiger charge is -2.38. The standard InChI is InChI=1S/C13H24N2O3/c1-13(2,17)10-14-4-6-15(7-5-14)12(16)11-3-8-18-9-11/h11,17H,3-10H2,1-2H3/t11-/m1/s1. The van der Waals surface area contributed by atoms with Crippen LogP contribution in [0.1, 0.15) is 20.3 Å². The third-order valence-corrected chi connectivity index (χ3v) is 3.57. The van der Waals surface area contributed by atoms with Gasteiger partial charge in [-0.15, -0.1) is 0 Å². The molecule has 104 valence electrons. The highest BCUT2D eigenvalue weighted by atomic mass is 16.5. The summed E-state index contributed by atoms with van der Waals surface area (Å²) in [6.07, 6.45) is 0.864. The molecule has 1 N–H and O–H groups in total. The van der Waals surface area contributed by atoms with Crippen LogP contribution in [-0.2, 0) is 9.53 Å². The van der Waals surface area contributed by atoms with Crippen LogP contribution in [0.5, 0.6) is 0 Å². The van der Waals surface area contributed by atoms with Crippen molar-refractivity contribution in [3.05, 3.63) is 0 Å². The summed E-state index contributed by atoms with van der Waals surface area (Å²) in [7, 11) is 0. The summed E-state index contributed by atoms with van der Waals surface area (Å²) < 4.78 is 5.27. The van der Waals surface area contributed by atoms with Gasteiger partial charge < -0.3 is 14.7 Å². The van der Waals surface area contributed by atoms with Crippen molar-refractivity contribution in [3.63, 3.8) is 0 Å². The van der Waals surface area contributed by atoms with Gasteiger partial charge in [-0.1, -0.05) is 0 Å². The molecule has 0 saturated carbocycles. The third kappa shape index (κ3) is 3.67. The van der Waals surface area contributed by atoms with Crippen molar-refractivity contribution in [1.82, 2.24) is 9.80 Å². The second kappa shape index (κ2) is 5.55. The molecule has 18 heavy (non-hydrogen) atoms. The summed E-state index contributed by atoms with van der Waals surface area (Å²) in [6.45, 7) is 8.85. The minimum atomic E-state index is -0.661. The number of aliphatic hydroxyl groups is 1. The van der Waals surface area contributed by atoms with E-state index in [9.17, 15) is 9.90 Å². The molecule has 0 spiro atoms. The molecule has 1 amide bonds. The highest BCUT2D eigenvalue weighted by molar-refractivity contribution is 5.79. The van der Waals surface area contributed by atoms with E-state index in [1.807, 2.05) is 18.7 Å². The Bertz CT molecular complexity index is 287. The molecule has 1 atom stereocenters. The number of carbonyl (C=O) groups is 1. The first kappa shape index (κ1) is 13.8. The van der Waals surface area contributed by atoms with Crippen LogP contribution in [0.3, 0.4) is 0 Å². The lowest BCUT2D eigenvalue weighted by Crippen LogP contribution is -2.53. The fourth-order valence-corrected chi connectivity index (χ4v) is 2.66. The van der Waals surface area contributed by atoms with Gasteiger partial charge in [0.2, 0.25) is 5.91 Å². The van der Waals surface area contributed by atoms with Crippen molar-refractivity contribution in [2.75, 3.05) is 45.9 Å². The lowest BCUT2D eigenvalue weighted by atomic mass is 10.1. The summed E-state index contributed by atoms with van der Waals surface area (Å²) in [6, 6.07) is 0. The van der Waals surface area contributed by atoms with E-state index in [2.05, 4.69) is 4.90 Å². The van der Waals surface area contributed by atoms with Crippen molar-refractivity contribution < 1.29 is 14.6 Å². The van der Waals surface area contributed by atoms with Crippen LogP contribution >= 0.6 is 0 Å². The van der Waals surface area contributed by atoms with Crippen molar-refractivity contribution in [3.8, 4) is 0 Å². The van der Waals surface area contributed by atoms with Gasteiger partial charge in [-0.05, 0) is 20.3 Å². The fourth-order valence-electron chi connectivity index (χ4n) is 2.66. The molecule has 0 aliphatic carbocycles. The molecular weight excluding hydrogens is 232 g/mol.